The normalized spacial score (nSPS) is 16.7. The summed E-state index contributed by atoms with van der Waals surface area (Å²) in [4.78, 5) is 19.8. The molecule has 1 aliphatic rings. The average molecular weight is 423 g/mol. The summed E-state index contributed by atoms with van der Waals surface area (Å²) in [6.07, 6.45) is 5.22. The SMILES string of the molecule is COc1ccccc1Cc1cnc([C@@H]2CCCCN2C(=O)c2cc(C(C)C)nn2C)o1. The lowest BCUT2D eigenvalue weighted by Crippen LogP contribution is -2.39. The number of carbonyl (C=O) groups is 1. The largest absolute Gasteiger partial charge is 0.496 e. The number of aromatic nitrogens is 3. The highest BCUT2D eigenvalue weighted by atomic mass is 16.5. The first-order valence-electron chi connectivity index (χ1n) is 10.9. The molecule has 1 aliphatic heterocycles. The van der Waals surface area contributed by atoms with Crippen molar-refractivity contribution >= 4 is 5.91 Å². The molecule has 1 saturated heterocycles. The molecule has 0 aliphatic carbocycles. The van der Waals surface area contributed by atoms with Gasteiger partial charge in [0, 0.05) is 25.6 Å². The lowest BCUT2D eigenvalue weighted by molar-refractivity contribution is 0.0558. The Hall–Kier alpha value is -3.09. The molecule has 0 spiro atoms. The third-order valence-corrected chi connectivity index (χ3v) is 5.89. The van der Waals surface area contributed by atoms with Gasteiger partial charge in [-0.05, 0) is 37.3 Å². The van der Waals surface area contributed by atoms with Crippen LogP contribution in [0.2, 0.25) is 0 Å². The molecule has 31 heavy (non-hydrogen) atoms. The molecule has 3 heterocycles. The van der Waals surface area contributed by atoms with Gasteiger partial charge in [0.2, 0.25) is 5.89 Å². The Kier molecular flexibility index (Phi) is 6.11. The molecule has 1 aromatic carbocycles. The van der Waals surface area contributed by atoms with E-state index in [4.69, 9.17) is 9.15 Å². The van der Waals surface area contributed by atoms with Crippen molar-refractivity contribution in [2.24, 2.45) is 7.05 Å². The number of methoxy groups -OCH3 is 1. The van der Waals surface area contributed by atoms with E-state index in [0.29, 0.717) is 24.6 Å². The highest BCUT2D eigenvalue weighted by molar-refractivity contribution is 5.93. The summed E-state index contributed by atoms with van der Waals surface area (Å²) in [5, 5.41) is 4.51. The fraction of sp³-hybridized carbons (Fsp3) is 0.458. The highest BCUT2D eigenvalue weighted by Gasteiger charge is 2.33. The first-order chi connectivity index (χ1) is 15.0. The number of ether oxygens (including phenoxy) is 1. The molecule has 7 heteroatoms. The van der Waals surface area contributed by atoms with E-state index in [9.17, 15) is 4.79 Å². The minimum atomic E-state index is -0.162. The third kappa shape index (κ3) is 4.36. The van der Waals surface area contributed by atoms with Gasteiger partial charge in [-0.3, -0.25) is 9.48 Å². The molecule has 0 bridgehead atoms. The van der Waals surface area contributed by atoms with E-state index in [0.717, 1.165) is 42.0 Å². The van der Waals surface area contributed by atoms with Gasteiger partial charge in [-0.15, -0.1) is 0 Å². The van der Waals surface area contributed by atoms with Crippen molar-refractivity contribution in [1.82, 2.24) is 19.7 Å². The molecule has 2 aromatic heterocycles. The van der Waals surface area contributed by atoms with Crippen LogP contribution < -0.4 is 4.74 Å². The number of aryl methyl sites for hydroxylation is 1. The number of hydrogen-bond acceptors (Lipinski definition) is 5. The third-order valence-electron chi connectivity index (χ3n) is 5.89. The number of para-hydroxylation sites is 1. The lowest BCUT2D eigenvalue weighted by atomic mass is 10.0. The quantitative estimate of drug-likeness (QED) is 0.585. The van der Waals surface area contributed by atoms with Gasteiger partial charge < -0.3 is 14.1 Å². The van der Waals surface area contributed by atoms with Crippen LogP contribution in [0.25, 0.3) is 0 Å². The Balaban J connectivity index is 1.56. The van der Waals surface area contributed by atoms with Crippen LogP contribution in [0.4, 0.5) is 0 Å². The number of carbonyl (C=O) groups excluding carboxylic acids is 1. The molecule has 1 amide bonds. The molecule has 1 fully saturated rings. The second-order valence-corrected chi connectivity index (χ2v) is 8.40. The van der Waals surface area contributed by atoms with E-state index < -0.39 is 0 Å². The van der Waals surface area contributed by atoms with Gasteiger partial charge in [-0.1, -0.05) is 32.0 Å². The van der Waals surface area contributed by atoms with Crippen molar-refractivity contribution in [3.63, 3.8) is 0 Å². The monoisotopic (exact) mass is 422 g/mol. The van der Waals surface area contributed by atoms with Crippen LogP contribution in [0.3, 0.4) is 0 Å². The Morgan fingerprint density at radius 3 is 2.84 bits per heavy atom. The van der Waals surface area contributed by atoms with Gasteiger partial charge in [0.1, 0.15) is 23.2 Å². The minimum Gasteiger partial charge on any atom is -0.496 e. The predicted octanol–water partition coefficient (Wildman–Crippen LogP) is 4.50. The van der Waals surface area contributed by atoms with E-state index in [1.165, 1.54) is 0 Å². The van der Waals surface area contributed by atoms with Crippen LogP contribution in [0, 0.1) is 0 Å². The van der Waals surface area contributed by atoms with Crippen LogP contribution in [0.1, 0.15) is 78.5 Å². The zero-order valence-corrected chi connectivity index (χ0v) is 18.7. The molecule has 0 N–H and O–H groups in total. The number of rotatable bonds is 6. The fourth-order valence-electron chi connectivity index (χ4n) is 4.15. The average Bonchev–Trinajstić information content (AvgIpc) is 3.40. The van der Waals surface area contributed by atoms with Crippen molar-refractivity contribution < 1.29 is 13.9 Å². The number of piperidine rings is 1. The number of nitrogens with zero attached hydrogens (tertiary/aromatic N) is 4. The van der Waals surface area contributed by atoms with Crippen LogP contribution in [-0.4, -0.2) is 39.2 Å². The first-order valence-corrected chi connectivity index (χ1v) is 10.9. The summed E-state index contributed by atoms with van der Waals surface area (Å²) < 4.78 is 13.3. The summed E-state index contributed by atoms with van der Waals surface area (Å²) in [6, 6.07) is 9.63. The zero-order valence-electron chi connectivity index (χ0n) is 18.7. The van der Waals surface area contributed by atoms with Crippen molar-refractivity contribution in [1.29, 1.82) is 0 Å². The van der Waals surface area contributed by atoms with Crippen molar-refractivity contribution in [2.45, 2.75) is 51.5 Å². The second kappa shape index (κ2) is 8.96. The number of amides is 1. The number of oxazole rings is 1. The van der Waals surface area contributed by atoms with Crippen LogP contribution in [-0.2, 0) is 13.5 Å². The Bertz CT molecular complexity index is 1050. The molecular weight excluding hydrogens is 392 g/mol. The van der Waals surface area contributed by atoms with E-state index >= 15 is 0 Å². The maximum absolute atomic E-state index is 13.4. The van der Waals surface area contributed by atoms with Gasteiger partial charge >= 0.3 is 0 Å². The van der Waals surface area contributed by atoms with Crippen LogP contribution in [0.15, 0.2) is 40.9 Å². The summed E-state index contributed by atoms with van der Waals surface area (Å²) >= 11 is 0. The zero-order chi connectivity index (χ0) is 22.0. The molecular formula is C24H30N4O3. The maximum atomic E-state index is 13.4. The van der Waals surface area contributed by atoms with Gasteiger partial charge in [0.25, 0.3) is 5.91 Å². The van der Waals surface area contributed by atoms with E-state index in [2.05, 4.69) is 23.9 Å². The van der Waals surface area contributed by atoms with Crippen molar-refractivity contribution in [3.05, 3.63) is 65.1 Å². The first kappa shape index (κ1) is 21.2. The molecule has 7 nitrogen and oxygen atoms in total. The number of likely N-dealkylation sites (tertiary alicyclic amines) is 1. The van der Waals surface area contributed by atoms with Gasteiger partial charge in [0.15, 0.2) is 0 Å². The van der Waals surface area contributed by atoms with E-state index in [-0.39, 0.29) is 17.9 Å². The molecule has 0 saturated carbocycles. The van der Waals surface area contributed by atoms with Crippen molar-refractivity contribution in [3.8, 4) is 5.75 Å². The number of hydrogen-bond donors (Lipinski definition) is 0. The maximum Gasteiger partial charge on any atom is 0.272 e. The number of benzene rings is 1. The van der Waals surface area contributed by atoms with Gasteiger partial charge in [-0.25, -0.2) is 4.98 Å². The van der Waals surface area contributed by atoms with E-state index in [1.807, 2.05) is 42.3 Å². The molecule has 1 atom stereocenters. The lowest BCUT2D eigenvalue weighted by Gasteiger charge is -2.33. The van der Waals surface area contributed by atoms with Crippen molar-refractivity contribution in [2.75, 3.05) is 13.7 Å². The Morgan fingerprint density at radius 2 is 2.10 bits per heavy atom. The smallest absolute Gasteiger partial charge is 0.272 e. The summed E-state index contributed by atoms with van der Waals surface area (Å²) in [5.41, 5.74) is 2.58. The van der Waals surface area contributed by atoms with Crippen LogP contribution in [0.5, 0.6) is 5.75 Å². The molecule has 164 valence electrons. The Morgan fingerprint density at radius 1 is 1.29 bits per heavy atom. The predicted molar refractivity (Wildman–Crippen MR) is 117 cm³/mol. The summed E-state index contributed by atoms with van der Waals surface area (Å²) in [7, 11) is 3.49. The standard InChI is InChI=1S/C24H30N4O3/c1-16(2)19-14-21(27(3)26-19)24(29)28-12-8-7-10-20(28)23-25-15-18(31-23)13-17-9-5-6-11-22(17)30-4/h5-6,9,11,14-16,20H,7-8,10,12-13H2,1-4H3/t20-/m0/s1. The van der Waals surface area contributed by atoms with Crippen LogP contribution >= 0.6 is 0 Å². The topological polar surface area (TPSA) is 73.4 Å². The minimum absolute atomic E-state index is 0.0175. The fourth-order valence-corrected chi connectivity index (χ4v) is 4.15. The summed E-state index contributed by atoms with van der Waals surface area (Å²) in [6.45, 7) is 4.85. The molecule has 4 rings (SSSR count). The van der Waals surface area contributed by atoms with E-state index in [1.54, 1.807) is 18.0 Å². The summed E-state index contributed by atoms with van der Waals surface area (Å²) in [5.74, 6) is 2.45. The highest BCUT2D eigenvalue weighted by Crippen LogP contribution is 2.33. The van der Waals surface area contributed by atoms with Gasteiger partial charge in [0.05, 0.1) is 19.0 Å². The second-order valence-electron chi connectivity index (χ2n) is 8.40. The molecule has 0 unspecified atom stereocenters. The van der Waals surface area contributed by atoms with Gasteiger partial charge in [-0.2, -0.15) is 5.10 Å². The Labute approximate surface area is 183 Å². The molecule has 3 aromatic rings. The molecule has 0 radical (unpaired) electrons.